The van der Waals surface area contributed by atoms with Gasteiger partial charge >= 0.3 is 0 Å². The molecule has 2 rings (SSSR count). The molecule has 2 nitrogen and oxygen atoms in total. The van der Waals surface area contributed by atoms with Crippen LogP contribution < -0.4 is 10.6 Å². The maximum atomic E-state index is 13.6. The summed E-state index contributed by atoms with van der Waals surface area (Å²) >= 11 is 0. The molecule has 1 heterocycles. The zero-order valence-corrected chi connectivity index (χ0v) is 13.8. The third kappa shape index (κ3) is 3.97. The predicted molar refractivity (Wildman–Crippen MR) is 88.1 cm³/mol. The van der Waals surface area contributed by atoms with Crippen LogP contribution in [0.2, 0.25) is 0 Å². The largest absolute Gasteiger partial charge is 0.371 e. The van der Waals surface area contributed by atoms with Gasteiger partial charge in [-0.2, -0.15) is 0 Å². The molecule has 21 heavy (non-hydrogen) atoms. The van der Waals surface area contributed by atoms with Crippen molar-refractivity contribution in [2.24, 2.45) is 17.1 Å². The molecule has 2 atom stereocenters. The van der Waals surface area contributed by atoms with Gasteiger partial charge in [-0.25, -0.2) is 4.39 Å². The van der Waals surface area contributed by atoms with Crippen LogP contribution in [-0.4, -0.2) is 19.1 Å². The Balaban J connectivity index is 2.20. The maximum absolute atomic E-state index is 13.6. The van der Waals surface area contributed by atoms with Crippen molar-refractivity contribution in [3.05, 3.63) is 29.6 Å². The summed E-state index contributed by atoms with van der Waals surface area (Å²) in [5.41, 5.74) is 8.63. The first-order valence-corrected chi connectivity index (χ1v) is 8.10. The van der Waals surface area contributed by atoms with Crippen LogP contribution in [0.1, 0.15) is 46.1 Å². The van der Waals surface area contributed by atoms with E-state index >= 15 is 0 Å². The first-order chi connectivity index (χ1) is 9.81. The van der Waals surface area contributed by atoms with Crippen LogP contribution in [0, 0.1) is 17.2 Å². The van der Waals surface area contributed by atoms with Gasteiger partial charge < -0.3 is 10.6 Å². The molecule has 1 fully saturated rings. The molecule has 0 aliphatic carbocycles. The second kappa shape index (κ2) is 6.35. The van der Waals surface area contributed by atoms with E-state index in [2.05, 4.69) is 32.6 Å². The van der Waals surface area contributed by atoms with Crippen molar-refractivity contribution in [3.8, 4) is 0 Å². The van der Waals surface area contributed by atoms with Gasteiger partial charge in [0.25, 0.3) is 0 Å². The highest BCUT2D eigenvalue weighted by atomic mass is 19.1. The molecule has 1 aromatic carbocycles. The maximum Gasteiger partial charge on any atom is 0.123 e. The Morgan fingerprint density at radius 3 is 2.67 bits per heavy atom. The van der Waals surface area contributed by atoms with E-state index in [-0.39, 0.29) is 11.9 Å². The minimum atomic E-state index is -0.163. The molecule has 0 bridgehead atoms. The van der Waals surface area contributed by atoms with Gasteiger partial charge in [0.2, 0.25) is 0 Å². The summed E-state index contributed by atoms with van der Waals surface area (Å²) < 4.78 is 13.6. The Hall–Kier alpha value is -1.09. The lowest BCUT2D eigenvalue weighted by atomic mass is 9.80. The quantitative estimate of drug-likeness (QED) is 0.909. The van der Waals surface area contributed by atoms with E-state index in [4.69, 9.17) is 5.73 Å². The lowest BCUT2D eigenvalue weighted by molar-refractivity contribution is 0.263. The Bertz CT molecular complexity index is 479. The van der Waals surface area contributed by atoms with Crippen LogP contribution in [0.5, 0.6) is 0 Å². The van der Waals surface area contributed by atoms with Gasteiger partial charge in [0.05, 0.1) is 0 Å². The van der Waals surface area contributed by atoms with E-state index in [9.17, 15) is 4.39 Å². The van der Waals surface area contributed by atoms with Crippen LogP contribution >= 0.6 is 0 Å². The fourth-order valence-corrected chi connectivity index (χ4v) is 3.14. The molecule has 2 unspecified atom stereocenters. The van der Waals surface area contributed by atoms with Crippen molar-refractivity contribution < 1.29 is 4.39 Å². The smallest absolute Gasteiger partial charge is 0.123 e. The fourth-order valence-electron chi connectivity index (χ4n) is 3.14. The molecule has 0 radical (unpaired) electrons. The molecule has 0 spiro atoms. The summed E-state index contributed by atoms with van der Waals surface area (Å²) in [6.07, 6.45) is 2.88. The zero-order valence-electron chi connectivity index (χ0n) is 13.8. The van der Waals surface area contributed by atoms with E-state index in [1.54, 1.807) is 12.1 Å². The molecule has 1 aromatic rings. The summed E-state index contributed by atoms with van der Waals surface area (Å²) in [6, 6.07) is 5.26. The third-order valence-corrected chi connectivity index (χ3v) is 4.80. The molecule has 2 N–H and O–H groups in total. The first-order valence-electron chi connectivity index (χ1n) is 8.10. The minimum absolute atomic E-state index is 0.103. The van der Waals surface area contributed by atoms with Gasteiger partial charge in [0, 0.05) is 24.8 Å². The molecule has 0 saturated carbocycles. The summed E-state index contributed by atoms with van der Waals surface area (Å²) in [4.78, 5) is 2.41. The average Bonchev–Trinajstić information content (AvgIpc) is 2.88. The van der Waals surface area contributed by atoms with Crippen molar-refractivity contribution >= 4 is 5.69 Å². The zero-order chi connectivity index (χ0) is 15.6. The van der Waals surface area contributed by atoms with Crippen LogP contribution in [-0.2, 0) is 6.42 Å². The number of nitrogens with two attached hydrogens (primary N) is 1. The van der Waals surface area contributed by atoms with Gasteiger partial charge in [-0.1, -0.05) is 27.7 Å². The van der Waals surface area contributed by atoms with E-state index < -0.39 is 0 Å². The Labute approximate surface area is 128 Å². The molecule has 1 aliphatic rings. The number of rotatable bonds is 4. The molecule has 1 aliphatic heterocycles. The molecule has 118 valence electrons. The highest BCUT2D eigenvalue weighted by Gasteiger charge is 2.32. The van der Waals surface area contributed by atoms with Crippen molar-refractivity contribution in [2.75, 3.05) is 18.0 Å². The van der Waals surface area contributed by atoms with Crippen molar-refractivity contribution in [1.29, 1.82) is 0 Å². The van der Waals surface area contributed by atoms with Gasteiger partial charge in [-0.15, -0.1) is 0 Å². The monoisotopic (exact) mass is 292 g/mol. The third-order valence-electron chi connectivity index (χ3n) is 4.80. The number of hydrogen-bond donors (Lipinski definition) is 1. The minimum Gasteiger partial charge on any atom is -0.371 e. The SMILES string of the molecule is CCC(N)Cc1cc(F)ccc1N1CCC(C(C)(C)C)C1. The topological polar surface area (TPSA) is 29.3 Å². The highest BCUT2D eigenvalue weighted by Crippen LogP contribution is 2.37. The van der Waals surface area contributed by atoms with Crippen LogP contribution in [0.4, 0.5) is 10.1 Å². The number of halogens is 1. The van der Waals surface area contributed by atoms with E-state index in [1.165, 1.54) is 12.1 Å². The van der Waals surface area contributed by atoms with E-state index in [1.807, 2.05) is 6.07 Å². The number of benzene rings is 1. The lowest BCUT2D eigenvalue weighted by Crippen LogP contribution is -2.28. The second-order valence-corrected chi connectivity index (χ2v) is 7.44. The summed E-state index contributed by atoms with van der Waals surface area (Å²) in [5.74, 6) is 0.527. The predicted octanol–water partition coefficient (Wildman–Crippen LogP) is 3.98. The number of nitrogens with zero attached hydrogens (tertiary/aromatic N) is 1. The van der Waals surface area contributed by atoms with Crippen molar-refractivity contribution in [1.82, 2.24) is 0 Å². The van der Waals surface area contributed by atoms with Gasteiger partial charge in [0.15, 0.2) is 0 Å². The molecule has 3 heteroatoms. The van der Waals surface area contributed by atoms with E-state index in [0.717, 1.165) is 31.5 Å². The van der Waals surface area contributed by atoms with Gasteiger partial charge in [-0.3, -0.25) is 0 Å². The molecule has 1 saturated heterocycles. The number of anilines is 1. The summed E-state index contributed by atoms with van der Waals surface area (Å²) in [6.45, 7) is 11.1. The summed E-state index contributed by atoms with van der Waals surface area (Å²) in [5, 5.41) is 0. The molecule has 0 aromatic heterocycles. The molecular weight excluding hydrogens is 263 g/mol. The first kappa shape index (κ1) is 16.3. The van der Waals surface area contributed by atoms with Gasteiger partial charge in [0.1, 0.15) is 5.82 Å². The fraction of sp³-hybridized carbons (Fsp3) is 0.667. The standard InChI is InChI=1S/C18H29FN2/c1-5-16(20)11-13-10-15(19)6-7-17(13)21-9-8-14(12-21)18(2,3)4/h6-7,10,14,16H,5,8-9,11-12,20H2,1-4H3. The van der Waals surface area contributed by atoms with Crippen molar-refractivity contribution in [2.45, 2.75) is 53.0 Å². The van der Waals surface area contributed by atoms with Crippen LogP contribution in [0.25, 0.3) is 0 Å². The van der Waals surface area contributed by atoms with E-state index in [0.29, 0.717) is 11.3 Å². The molecule has 0 amide bonds. The van der Waals surface area contributed by atoms with Crippen LogP contribution in [0.15, 0.2) is 18.2 Å². The van der Waals surface area contributed by atoms with Crippen LogP contribution in [0.3, 0.4) is 0 Å². The van der Waals surface area contributed by atoms with Gasteiger partial charge in [-0.05, 0) is 54.4 Å². The summed E-state index contributed by atoms with van der Waals surface area (Å²) in [7, 11) is 0. The number of hydrogen-bond acceptors (Lipinski definition) is 2. The normalized spacial score (nSPS) is 20.9. The Morgan fingerprint density at radius 1 is 1.38 bits per heavy atom. The lowest BCUT2D eigenvalue weighted by Gasteiger charge is -2.28. The second-order valence-electron chi connectivity index (χ2n) is 7.44. The Morgan fingerprint density at radius 2 is 2.10 bits per heavy atom. The Kier molecular flexibility index (Phi) is 4.92. The highest BCUT2D eigenvalue weighted by molar-refractivity contribution is 5.55. The van der Waals surface area contributed by atoms with Crippen molar-refractivity contribution in [3.63, 3.8) is 0 Å². The average molecular weight is 292 g/mol. The molecular formula is C18H29FN2.